The summed E-state index contributed by atoms with van der Waals surface area (Å²) in [6, 6.07) is 0. The predicted octanol–water partition coefficient (Wildman–Crippen LogP) is -1.31. The first-order chi connectivity index (χ1) is 5.68. The van der Waals surface area contributed by atoms with Crippen molar-refractivity contribution in [3.05, 3.63) is 10.1 Å². The number of amides is 1. The highest BCUT2D eigenvalue weighted by Gasteiger charge is 2.16. The third kappa shape index (κ3) is 2.83. The minimum atomic E-state index is -0.369. The number of rotatable bonds is 3. The fourth-order valence-corrected chi connectivity index (χ4v) is 1.11. The van der Waals surface area contributed by atoms with Gasteiger partial charge in [-0.2, -0.15) is 0 Å². The second-order valence-corrected chi connectivity index (χ2v) is 2.68. The molecule has 1 heterocycles. The molecule has 1 aliphatic heterocycles. The zero-order valence-electron chi connectivity index (χ0n) is 6.65. The molecule has 0 saturated carbocycles. The first-order valence-electron chi connectivity index (χ1n) is 3.79. The van der Waals surface area contributed by atoms with E-state index in [1.54, 1.807) is 4.90 Å². The minimum absolute atomic E-state index is 0.0513. The van der Waals surface area contributed by atoms with Crippen LogP contribution in [0.5, 0.6) is 0 Å². The average molecular weight is 173 g/mol. The molecule has 0 aromatic heterocycles. The van der Waals surface area contributed by atoms with Crippen molar-refractivity contribution in [2.45, 2.75) is 0 Å². The van der Waals surface area contributed by atoms with Crippen molar-refractivity contribution in [1.82, 2.24) is 10.2 Å². The van der Waals surface area contributed by atoms with Gasteiger partial charge < -0.3 is 5.32 Å². The molecule has 0 atom stereocenters. The van der Waals surface area contributed by atoms with Gasteiger partial charge in [0.25, 0.3) is 0 Å². The number of carbonyl (C=O) groups is 1. The summed E-state index contributed by atoms with van der Waals surface area (Å²) in [6.07, 6.45) is 0. The molecule has 1 fully saturated rings. The van der Waals surface area contributed by atoms with Gasteiger partial charge in [-0.1, -0.05) is 0 Å². The highest BCUT2D eigenvalue weighted by molar-refractivity contribution is 5.78. The van der Waals surface area contributed by atoms with E-state index in [1.807, 2.05) is 0 Å². The van der Waals surface area contributed by atoms with Gasteiger partial charge in [-0.25, -0.2) is 0 Å². The molecule has 0 aromatic rings. The molecule has 0 bridgehead atoms. The number of nitrogens with zero attached hydrogens (tertiary/aromatic N) is 2. The molecule has 1 aliphatic rings. The van der Waals surface area contributed by atoms with E-state index in [4.69, 9.17) is 0 Å². The van der Waals surface area contributed by atoms with Gasteiger partial charge in [0.2, 0.25) is 12.5 Å². The summed E-state index contributed by atoms with van der Waals surface area (Å²) in [7, 11) is 0. The SMILES string of the molecule is O=C1CN(CC[N+](=O)[O-])CCN1. The maximum Gasteiger partial charge on any atom is 0.234 e. The molecule has 6 heteroatoms. The van der Waals surface area contributed by atoms with Gasteiger partial charge in [0.05, 0.1) is 13.1 Å². The van der Waals surface area contributed by atoms with E-state index < -0.39 is 0 Å². The molecule has 68 valence electrons. The van der Waals surface area contributed by atoms with Crippen LogP contribution in [0.15, 0.2) is 0 Å². The van der Waals surface area contributed by atoms with Crippen LogP contribution in [0, 0.1) is 10.1 Å². The Kier molecular flexibility index (Phi) is 2.98. The Labute approximate surface area is 69.7 Å². The fraction of sp³-hybridized carbons (Fsp3) is 0.833. The molecule has 6 nitrogen and oxygen atoms in total. The van der Waals surface area contributed by atoms with Crippen LogP contribution in [0.1, 0.15) is 0 Å². The zero-order valence-corrected chi connectivity index (χ0v) is 6.65. The molecular weight excluding hydrogens is 162 g/mol. The third-order valence-corrected chi connectivity index (χ3v) is 1.72. The van der Waals surface area contributed by atoms with E-state index in [9.17, 15) is 14.9 Å². The normalized spacial score (nSPS) is 18.8. The number of piperazine rings is 1. The van der Waals surface area contributed by atoms with Gasteiger partial charge in [-0.15, -0.1) is 0 Å². The van der Waals surface area contributed by atoms with Gasteiger partial charge in [-0.05, 0) is 0 Å². The number of hydrogen-bond acceptors (Lipinski definition) is 4. The molecular formula is C6H11N3O3. The summed E-state index contributed by atoms with van der Waals surface area (Å²) in [5, 5.41) is 12.7. The molecule has 0 unspecified atom stereocenters. The Hall–Kier alpha value is -1.17. The van der Waals surface area contributed by atoms with Gasteiger partial charge in [0, 0.05) is 18.0 Å². The van der Waals surface area contributed by atoms with E-state index in [0.29, 0.717) is 19.6 Å². The Morgan fingerprint density at radius 3 is 3.00 bits per heavy atom. The van der Waals surface area contributed by atoms with Crippen molar-refractivity contribution in [2.24, 2.45) is 0 Å². The molecule has 1 saturated heterocycles. The van der Waals surface area contributed by atoms with Crippen LogP contribution in [-0.4, -0.2) is 48.5 Å². The van der Waals surface area contributed by atoms with E-state index in [2.05, 4.69) is 5.32 Å². The summed E-state index contributed by atoms with van der Waals surface area (Å²) in [5.41, 5.74) is 0. The van der Waals surface area contributed by atoms with Crippen molar-refractivity contribution < 1.29 is 9.72 Å². The van der Waals surface area contributed by atoms with Crippen LogP contribution < -0.4 is 5.32 Å². The lowest BCUT2D eigenvalue weighted by Crippen LogP contribution is -2.48. The third-order valence-electron chi connectivity index (χ3n) is 1.72. The topological polar surface area (TPSA) is 75.5 Å². The lowest BCUT2D eigenvalue weighted by Gasteiger charge is -2.24. The molecule has 0 aliphatic carbocycles. The van der Waals surface area contributed by atoms with E-state index in [1.165, 1.54) is 0 Å². The second kappa shape index (κ2) is 4.01. The first kappa shape index (κ1) is 8.92. The van der Waals surface area contributed by atoms with E-state index in [0.717, 1.165) is 0 Å². The quantitative estimate of drug-likeness (QED) is 0.425. The second-order valence-electron chi connectivity index (χ2n) is 2.68. The number of carbonyl (C=O) groups excluding carboxylic acids is 1. The Morgan fingerprint density at radius 1 is 1.67 bits per heavy atom. The van der Waals surface area contributed by atoms with Gasteiger partial charge in [-0.3, -0.25) is 19.8 Å². The molecule has 1 rings (SSSR count). The monoisotopic (exact) mass is 173 g/mol. The summed E-state index contributed by atoms with van der Waals surface area (Å²) in [4.78, 5) is 22.2. The van der Waals surface area contributed by atoms with E-state index >= 15 is 0 Å². The minimum Gasteiger partial charge on any atom is -0.354 e. The van der Waals surface area contributed by atoms with Crippen LogP contribution in [0.3, 0.4) is 0 Å². The highest BCUT2D eigenvalue weighted by atomic mass is 16.6. The Balaban J connectivity index is 2.23. The number of hydrogen-bond donors (Lipinski definition) is 1. The van der Waals surface area contributed by atoms with Crippen LogP contribution in [0.4, 0.5) is 0 Å². The standard InChI is InChI=1S/C6H11N3O3/c10-6-5-8(2-1-7-6)3-4-9(11)12/h1-5H2,(H,7,10). The molecule has 0 radical (unpaired) electrons. The molecule has 12 heavy (non-hydrogen) atoms. The van der Waals surface area contributed by atoms with Crippen molar-refractivity contribution >= 4 is 5.91 Å². The molecule has 1 amide bonds. The molecule has 0 spiro atoms. The Morgan fingerprint density at radius 2 is 2.42 bits per heavy atom. The van der Waals surface area contributed by atoms with E-state index in [-0.39, 0.29) is 23.9 Å². The summed E-state index contributed by atoms with van der Waals surface area (Å²) in [6.45, 7) is 1.86. The van der Waals surface area contributed by atoms with Gasteiger partial charge in [0.1, 0.15) is 0 Å². The van der Waals surface area contributed by atoms with Crippen molar-refractivity contribution in [3.63, 3.8) is 0 Å². The largest absolute Gasteiger partial charge is 0.354 e. The van der Waals surface area contributed by atoms with Crippen molar-refractivity contribution in [2.75, 3.05) is 32.7 Å². The summed E-state index contributed by atoms with van der Waals surface area (Å²) >= 11 is 0. The zero-order chi connectivity index (χ0) is 8.97. The first-order valence-corrected chi connectivity index (χ1v) is 3.79. The lowest BCUT2D eigenvalue weighted by molar-refractivity contribution is -0.480. The lowest BCUT2D eigenvalue weighted by atomic mass is 10.3. The number of nitro groups is 1. The summed E-state index contributed by atoms with van der Waals surface area (Å²) in [5.74, 6) is -0.0513. The van der Waals surface area contributed by atoms with Crippen molar-refractivity contribution in [3.8, 4) is 0 Å². The average Bonchev–Trinajstić information content (AvgIpc) is 2.01. The molecule has 1 N–H and O–H groups in total. The predicted molar refractivity (Wildman–Crippen MR) is 41.3 cm³/mol. The fourth-order valence-electron chi connectivity index (χ4n) is 1.11. The van der Waals surface area contributed by atoms with Crippen LogP contribution in [0.25, 0.3) is 0 Å². The molecule has 0 aromatic carbocycles. The maximum absolute atomic E-state index is 10.8. The van der Waals surface area contributed by atoms with Crippen LogP contribution >= 0.6 is 0 Å². The van der Waals surface area contributed by atoms with Gasteiger partial charge in [0.15, 0.2) is 0 Å². The highest BCUT2D eigenvalue weighted by Crippen LogP contribution is 1.92. The summed E-state index contributed by atoms with van der Waals surface area (Å²) < 4.78 is 0. The smallest absolute Gasteiger partial charge is 0.234 e. The van der Waals surface area contributed by atoms with Crippen LogP contribution in [-0.2, 0) is 4.79 Å². The number of nitrogens with one attached hydrogen (secondary N) is 1. The van der Waals surface area contributed by atoms with Gasteiger partial charge >= 0.3 is 0 Å². The van der Waals surface area contributed by atoms with Crippen LogP contribution in [0.2, 0.25) is 0 Å². The van der Waals surface area contributed by atoms with Crippen molar-refractivity contribution in [1.29, 1.82) is 0 Å². The maximum atomic E-state index is 10.8. The Bertz CT molecular complexity index is 194.